The monoisotopic (exact) mass is 208 g/mol. The molecular weight excluding hydrogens is 202 g/mol. The summed E-state index contributed by atoms with van der Waals surface area (Å²) in [5.74, 6) is 0.312. The fraction of sp³-hybridized carbons (Fsp3) is 0.250. The summed E-state index contributed by atoms with van der Waals surface area (Å²) in [6.45, 7) is 0.869. The van der Waals surface area contributed by atoms with E-state index in [0.717, 1.165) is 5.56 Å². The predicted octanol–water partition coefficient (Wildman–Crippen LogP) is 3.61. The number of hydrogen-bond acceptors (Lipinski definition) is 1. The SMILES string of the molecule is Cc1ccc(Cl)c(Cl)c1OCF. The zero-order valence-electron chi connectivity index (χ0n) is 6.40. The largest absolute Gasteiger partial charge is 0.461 e. The minimum atomic E-state index is -0.902. The fourth-order valence-electron chi connectivity index (χ4n) is 0.860. The van der Waals surface area contributed by atoms with E-state index < -0.39 is 6.86 Å². The second-order valence-corrected chi connectivity index (χ2v) is 3.05. The van der Waals surface area contributed by atoms with Gasteiger partial charge in [0.25, 0.3) is 0 Å². The van der Waals surface area contributed by atoms with Gasteiger partial charge in [-0.25, -0.2) is 4.39 Å². The third-order valence-electron chi connectivity index (χ3n) is 1.45. The van der Waals surface area contributed by atoms with Gasteiger partial charge in [0.2, 0.25) is 6.86 Å². The minimum Gasteiger partial charge on any atom is -0.461 e. The van der Waals surface area contributed by atoms with Crippen LogP contribution in [0.3, 0.4) is 0 Å². The zero-order valence-corrected chi connectivity index (χ0v) is 7.92. The molecule has 0 aromatic heterocycles. The van der Waals surface area contributed by atoms with Crippen molar-refractivity contribution in [2.75, 3.05) is 6.86 Å². The molecule has 66 valence electrons. The number of benzene rings is 1. The zero-order chi connectivity index (χ0) is 9.14. The normalized spacial score (nSPS) is 10.0. The average Bonchev–Trinajstić information content (AvgIpc) is 2.06. The van der Waals surface area contributed by atoms with E-state index in [2.05, 4.69) is 4.74 Å². The Kier molecular flexibility index (Phi) is 3.18. The Labute approximate surface area is 80.0 Å². The Morgan fingerprint density at radius 1 is 1.42 bits per heavy atom. The summed E-state index contributed by atoms with van der Waals surface area (Å²) >= 11 is 11.4. The quantitative estimate of drug-likeness (QED) is 0.722. The van der Waals surface area contributed by atoms with Gasteiger partial charge in [-0.3, -0.25) is 0 Å². The van der Waals surface area contributed by atoms with Crippen molar-refractivity contribution in [2.45, 2.75) is 6.92 Å². The van der Waals surface area contributed by atoms with Crippen LogP contribution in [0.25, 0.3) is 0 Å². The van der Waals surface area contributed by atoms with Crippen molar-refractivity contribution >= 4 is 23.2 Å². The van der Waals surface area contributed by atoms with Crippen molar-refractivity contribution in [3.05, 3.63) is 27.7 Å². The molecule has 0 heterocycles. The van der Waals surface area contributed by atoms with E-state index in [1.807, 2.05) is 0 Å². The van der Waals surface area contributed by atoms with Crippen molar-refractivity contribution < 1.29 is 9.13 Å². The van der Waals surface area contributed by atoms with Gasteiger partial charge in [0.1, 0.15) is 10.8 Å². The molecule has 0 saturated carbocycles. The second kappa shape index (κ2) is 3.97. The molecule has 1 rings (SSSR count). The van der Waals surface area contributed by atoms with Gasteiger partial charge in [-0.15, -0.1) is 0 Å². The molecular formula is C8H7Cl2FO. The summed E-state index contributed by atoms with van der Waals surface area (Å²) in [5, 5.41) is 0.625. The lowest BCUT2D eigenvalue weighted by atomic mass is 10.2. The highest BCUT2D eigenvalue weighted by Crippen LogP contribution is 2.34. The molecule has 1 nitrogen and oxygen atoms in total. The molecule has 0 aliphatic heterocycles. The highest BCUT2D eigenvalue weighted by molar-refractivity contribution is 6.43. The number of ether oxygens (including phenoxy) is 1. The van der Waals surface area contributed by atoms with E-state index in [1.165, 1.54) is 0 Å². The maximum atomic E-state index is 11.8. The molecule has 1 aromatic rings. The molecule has 4 heteroatoms. The van der Waals surface area contributed by atoms with Gasteiger partial charge in [-0.2, -0.15) is 0 Å². The average molecular weight is 209 g/mol. The molecule has 0 unspecified atom stereocenters. The topological polar surface area (TPSA) is 9.23 Å². The lowest BCUT2D eigenvalue weighted by molar-refractivity contribution is 0.191. The van der Waals surface area contributed by atoms with E-state index in [0.29, 0.717) is 10.8 Å². The first-order valence-electron chi connectivity index (χ1n) is 3.30. The standard InChI is InChI=1S/C8H7Cl2FO/c1-5-2-3-6(9)7(10)8(5)12-4-11/h2-3H,4H2,1H3. The van der Waals surface area contributed by atoms with Crippen LogP contribution in [0.15, 0.2) is 12.1 Å². The van der Waals surface area contributed by atoms with Crippen LogP contribution in [0.2, 0.25) is 10.0 Å². The van der Waals surface area contributed by atoms with Crippen LogP contribution in [-0.2, 0) is 0 Å². The van der Waals surface area contributed by atoms with Crippen molar-refractivity contribution in [2.24, 2.45) is 0 Å². The van der Waals surface area contributed by atoms with Crippen LogP contribution in [0, 0.1) is 6.92 Å². The van der Waals surface area contributed by atoms with Crippen LogP contribution in [-0.4, -0.2) is 6.86 Å². The first-order chi connectivity index (χ1) is 5.66. The van der Waals surface area contributed by atoms with Gasteiger partial charge in [-0.05, 0) is 18.6 Å². The number of alkyl halides is 1. The van der Waals surface area contributed by atoms with Crippen molar-refractivity contribution in [1.82, 2.24) is 0 Å². The Hall–Kier alpha value is -0.470. The summed E-state index contributed by atoms with van der Waals surface area (Å²) in [4.78, 5) is 0. The highest BCUT2D eigenvalue weighted by atomic mass is 35.5. The molecule has 0 fully saturated rings. The Morgan fingerprint density at radius 3 is 2.67 bits per heavy atom. The van der Waals surface area contributed by atoms with Gasteiger partial charge < -0.3 is 4.74 Å². The summed E-state index contributed by atoms with van der Waals surface area (Å²) in [7, 11) is 0. The molecule has 12 heavy (non-hydrogen) atoms. The molecule has 0 N–H and O–H groups in total. The summed E-state index contributed by atoms with van der Waals surface area (Å²) in [5.41, 5.74) is 0.766. The van der Waals surface area contributed by atoms with Crippen LogP contribution < -0.4 is 4.74 Å². The van der Waals surface area contributed by atoms with Crippen LogP contribution in [0.1, 0.15) is 5.56 Å². The molecule has 0 aliphatic rings. The summed E-state index contributed by atoms with van der Waals surface area (Å²) in [6.07, 6.45) is 0. The van der Waals surface area contributed by atoms with Crippen molar-refractivity contribution in [3.63, 3.8) is 0 Å². The third kappa shape index (κ3) is 1.82. The molecule has 0 radical (unpaired) electrons. The van der Waals surface area contributed by atoms with Gasteiger partial charge in [-0.1, -0.05) is 29.3 Å². The van der Waals surface area contributed by atoms with Gasteiger partial charge in [0.05, 0.1) is 5.02 Å². The molecule has 0 bridgehead atoms. The number of hydrogen-bond donors (Lipinski definition) is 0. The maximum absolute atomic E-state index is 11.8. The summed E-state index contributed by atoms with van der Waals surface area (Å²) < 4.78 is 16.5. The van der Waals surface area contributed by atoms with Crippen molar-refractivity contribution in [3.8, 4) is 5.75 Å². The van der Waals surface area contributed by atoms with E-state index in [1.54, 1.807) is 19.1 Å². The van der Waals surface area contributed by atoms with Crippen molar-refractivity contribution in [1.29, 1.82) is 0 Å². The van der Waals surface area contributed by atoms with E-state index in [-0.39, 0.29) is 5.02 Å². The van der Waals surface area contributed by atoms with Crippen LogP contribution in [0.4, 0.5) is 4.39 Å². The molecule has 0 aliphatic carbocycles. The van der Waals surface area contributed by atoms with Crippen LogP contribution in [0.5, 0.6) is 5.75 Å². The Morgan fingerprint density at radius 2 is 2.08 bits per heavy atom. The molecule has 0 amide bonds. The Bertz CT molecular complexity index is 289. The lowest BCUT2D eigenvalue weighted by Gasteiger charge is -2.07. The van der Waals surface area contributed by atoms with E-state index in [4.69, 9.17) is 23.2 Å². The second-order valence-electron chi connectivity index (χ2n) is 2.26. The predicted molar refractivity (Wildman–Crippen MR) is 47.8 cm³/mol. The van der Waals surface area contributed by atoms with Gasteiger partial charge >= 0.3 is 0 Å². The fourth-order valence-corrected chi connectivity index (χ4v) is 1.28. The van der Waals surface area contributed by atoms with E-state index in [9.17, 15) is 4.39 Å². The first kappa shape index (κ1) is 9.62. The molecule has 0 atom stereocenters. The minimum absolute atomic E-state index is 0.259. The maximum Gasteiger partial charge on any atom is 0.228 e. The number of rotatable bonds is 2. The molecule has 1 aromatic carbocycles. The third-order valence-corrected chi connectivity index (χ3v) is 2.23. The smallest absolute Gasteiger partial charge is 0.228 e. The number of halogens is 3. The highest BCUT2D eigenvalue weighted by Gasteiger charge is 2.08. The first-order valence-corrected chi connectivity index (χ1v) is 4.05. The Balaban J connectivity index is 3.14. The number of aryl methyl sites for hydroxylation is 1. The van der Waals surface area contributed by atoms with E-state index >= 15 is 0 Å². The molecule has 0 spiro atoms. The molecule has 0 saturated heterocycles. The summed E-state index contributed by atoms with van der Waals surface area (Å²) in [6, 6.07) is 3.36. The lowest BCUT2D eigenvalue weighted by Crippen LogP contribution is -1.93. The van der Waals surface area contributed by atoms with Gasteiger partial charge in [0.15, 0.2) is 0 Å². The van der Waals surface area contributed by atoms with Gasteiger partial charge in [0, 0.05) is 0 Å². The van der Waals surface area contributed by atoms with Crippen LogP contribution >= 0.6 is 23.2 Å².